The summed E-state index contributed by atoms with van der Waals surface area (Å²) in [6.45, 7) is 2.95. The lowest BCUT2D eigenvalue weighted by Crippen LogP contribution is -2.43. The average Bonchev–Trinajstić information content (AvgIpc) is 2.50. The fourth-order valence-electron chi connectivity index (χ4n) is 2.56. The fraction of sp³-hybridized carbons (Fsp3) is 0.600. The van der Waals surface area contributed by atoms with Gasteiger partial charge in [-0.05, 0) is 25.0 Å². The van der Waals surface area contributed by atoms with E-state index in [-0.39, 0.29) is 0 Å². The third-order valence-electron chi connectivity index (χ3n) is 3.66. The first-order valence-corrected chi connectivity index (χ1v) is 7.23. The van der Waals surface area contributed by atoms with Crippen LogP contribution < -0.4 is 5.32 Å². The fourth-order valence-corrected chi connectivity index (χ4v) is 2.56. The van der Waals surface area contributed by atoms with Gasteiger partial charge in [0.1, 0.15) is 11.9 Å². The molecule has 0 amide bonds. The molecule has 6 heteroatoms. The Bertz CT molecular complexity index is 464. The smallest absolute Gasteiger partial charge is 0.126 e. The molecule has 1 aliphatic rings. The van der Waals surface area contributed by atoms with Crippen molar-refractivity contribution < 1.29 is 9.84 Å². The van der Waals surface area contributed by atoms with Gasteiger partial charge in [-0.2, -0.15) is 5.26 Å². The maximum atomic E-state index is 9.73. The Morgan fingerprint density at radius 1 is 1.52 bits per heavy atom. The Labute approximate surface area is 125 Å². The monoisotopic (exact) mass is 290 g/mol. The quantitative estimate of drug-likeness (QED) is 0.808. The zero-order chi connectivity index (χ0) is 15.1. The molecule has 0 spiro atoms. The molecule has 21 heavy (non-hydrogen) atoms. The lowest BCUT2D eigenvalue weighted by atomic mass is 10.0. The van der Waals surface area contributed by atoms with E-state index in [0.717, 1.165) is 31.7 Å². The van der Waals surface area contributed by atoms with Crippen molar-refractivity contribution in [2.75, 3.05) is 38.7 Å². The van der Waals surface area contributed by atoms with E-state index in [1.807, 2.05) is 6.07 Å². The SMILES string of the molecule is COCC(O)CN1CCC(Nc2ccc(C#N)cn2)CC1. The van der Waals surface area contributed by atoms with E-state index < -0.39 is 6.10 Å². The van der Waals surface area contributed by atoms with Gasteiger partial charge in [0.15, 0.2) is 0 Å². The van der Waals surface area contributed by atoms with Gasteiger partial charge >= 0.3 is 0 Å². The molecule has 1 unspecified atom stereocenters. The van der Waals surface area contributed by atoms with Crippen molar-refractivity contribution in [3.63, 3.8) is 0 Å². The van der Waals surface area contributed by atoms with E-state index in [4.69, 9.17) is 10.00 Å². The summed E-state index contributed by atoms with van der Waals surface area (Å²) in [6.07, 6.45) is 3.20. The van der Waals surface area contributed by atoms with Gasteiger partial charge in [0, 0.05) is 39.0 Å². The molecule has 1 aliphatic heterocycles. The summed E-state index contributed by atoms with van der Waals surface area (Å²) in [7, 11) is 1.60. The van der Waals surface area contributed by atoms with E-state index in [2.05, 4.69) is 21.3 Å². The zero-order valence-corrected chi connectivity index (χ0v) is 12.3. The summed E-state index contributed by atoms with van der Waals surface area (Å²) >= 11 is 0. The molecule has 2 N–H and O–H groups in total. The van der Waals surface area contributed by atoms with Crippen molar-refractivity contribution in [3.05, 3.63) is 23.9 Å². The Morgan fingerprint density at radius 2 is 2.29 bits per heavy atom. The maximum Gasteiger partial charge on any atom is 0.126 e. The second-order valence-corrected chi connectivity index (χ2v) is 5.37. The van der Waals surface area contributed by atoms with E-state index in [1.54, 1.807) is 19.4 Å². The number of hydrogen-bond acceptors (Lipinski definition) is 6. The number of piperidine rings is 1. The standard InChI is InChI=1S/C15H22N4O2/c1-21-11-14(20)10-19-6-4-13(5-7-19)18-15-3-2-12(8-16)9-17-15/h2-3,9,13-14,20H,4-7,10-11H2,1H3,(H,17,18). The molecule has 0 saturated carbocycles. The van der Waals surface area contributed by atoms with Gasteiger partial charge in [0.2, 0.25) is 0 Å². The first-order chi connectivity index (χ1) is 10.2. The summed E-state index contributed by atoms with van der Waals surface area (Å²) in [5, 5.41) is 21.9. The summed E-state index contributed by atoms with van der Waals surface area (Å²) in [6, 6.07) is 6.06. The molecule has 1 fully saturated rings. The van der Waals surface area contributed by atoms with Crippen LogP contribution in [-0.4, -0.2) is 60.5 Å². The number of β-amino-alcohol motifs (C(OH)–C–C–N with tert-alkyl or cyclic N) is 1. The topological polar surface area (TPSA) is 81.4 Å². The third kappa shape index (κ3) is 4.97. The number of hydrogen-bond donors (Lipinski definition) is 2. The molecule has 0 aromatic carbocycles. The maximum absolute atomic E-state index is 9.73. The summed E-state index contributed by atoms with van der Waals surface area (Å²) in [5.41, 5.74) is 0.572. The number of nitrogens with one attached hydrogen (secondary N) is 1. The van der Waals surface area contributed by atoms with E-state index in [1.165, 1.54) is 0 Å². The normalized spacial score (nSPS) is 18.1. The van der Waals surface area contributed by atoms with Gasteiger partial charge in [0.25, 0.3) is 0 Å². The van der Waals surface area contributed by atoms with Gasteiger partial charge in [-0.3, -0.25) is 0 Å². The molecule has 1 aromatic heterocycles. The van der Waals surface area contributed by atoms with Gasteiger partial charge in [0.05, 0.1) is 18.3 Å². The Balaban J connectivity index is 1.74. The van der Waals surface area contributed by atoms with Crippen LogP contribution in [0.1, 0.15) is 18.4 Å². The van der Waals surface area contributed by atoms with Crippen LogP contribution in [-0.2, 0) is 4.74 Å². The molecular formula is C15H22N4O2. The highest BCUT2D eigenvalue weighted by molar-refractivity contribution is 5.39. The Morgan fingerprint density at radius 3 is 2.86 bits per heavy atom. The summed E-state index contributed by atoms with van der Waals surface area (Å²) in [5.74, 6) is 0.812. The highest BCUT2D eigenvalue weighted by atomic mass is 16.5. The molecule has 2 heterocycles. The summed E-state index contributed by atoms with van der Waals surface area (Å²) < 4.78 is 4.94. The van der Waals surface area contributed by atoms with Crippen molar-refractivity contribution in [1.82, 2.24) is 9.88 Å². The number of nitrogens with zero attached hydrogens (tertiary/aromatic N) is 3. The number of aliphatic hydroxyl groups is 1. The number of aliphatic hydroxyl groups excluding tert-OH is 1. The molecule has 6 nitrogen and oxygen atoms in total. The molecule has 114 valence electrons. The number of likely N-dealkylation sites (tertiary alicyclic amines) is 1. The molecule has 0 radical (unpaired) electrons. The molecule has 1 aromatic rings. The molecule has 1 atom stereocenters. The van der Waals surface area contributed by atoms with E-state index >= 15 is 0 Å². The second-order valence-electron chi connectivity index (χ2n) is 5.37. The highest BCUT2D eigenvalue weighted by Gasteiger charge is 2.21. The number of aromatic nitrogens is 1. The van der Waals surface area contributed by atoms with E-state index in [0.29, 0.717) is 24.8 Å². The predicted octanol–water partition coefficient (Wildman–Crippen LogP) is 0.837. The third-order valence-corrected chi connectivity index (χ3v) is 3.66. The van der Waals surface area contributed by atoms with Gasteiger partial charge < -0.3 is 20.1 Å². The minimum atomic E-state index is -0.417. The van der Waals surface area contributed by atoms with Crippen molar-refractivity contribution in [3.8, 4) is 6.07 Å². The number of rotatable bonds is 6. The zero-order valence-electron chi connectivity index (χ0n) is 12.3. The van der Waals surface area contributed by atoms with Gasteiger partial charge in [-0.1, -0.05) is 0 Å². The molecule has 2 rings (SSSR count). The van der Waals surface area contributed by atoms with Crippen LogP contribution in [0.25, 0.3) is 0 Å². The van der Waals surface area contributed by atoms with Crippen LogP contribution in [0.5, 0.6) is 0 Å². The number of nitriles is 1. The molecule has 1 saturated heterocycles. The van der Waals surface area contributed by atoms with Crippen LogP contribution >= 0.6 is 0 Å². The molecule has 0 bridgehead atoms. The first-order valence-electron chi connectivity index (χ1n) is 7.23. The van der Waals surface area contributed by atoms with Gasteiger partial charge in [-0.15, -0.1) is 0 Å². The Hall–Kier alpha value is -1.68. The largest absolute Gasteiger partial charge is 0.389 e. The number of pyridine rings is 1. The number of ether oxygens (including phenoxy) is 1. The number of methoxy groups -OCH3 is 1. The van der Waals surface area contributed by atoms with Crippen LogP contribution in [0.2, 0.25) is 0 Å². The van der Waals surface area contributed by atoms with Crippen molar-refractivity contribution >= 4 is 5.82 Å². The lowest BCUT2D eigenvalue weighted by Gasteiger charge is -2.33. The van der Waals surface area contributed by atoms with Crippen molar-refractivity contribution in [2.24, 2.45) is 0 Å². The minimum Gasteiger partial charge on any atom is -0.389 e. The van der Waals surface area contributed by atoms with Crippen molar-refractivity contribution in [2.45, 2.75) is 25.0 Å². The highest BCUT2D eigenvalue weighted by Crippen LogP contribution is 2.15. The van der Waals surface area contributed by atoms with Crippen LogP contribution in [0.4, 0.5) is 5.82 Å². The average molecular weight is 290 g/mol. The van der Waals surface area contributed by atoms with Crippen molar-refractivity contribution in [1.29, 1.82) is 5.26 Å². The summed E-state index contributed by atoms with van der Waals surface area (Å²) in [4.78, 5) is 6.49. The minimum absolute atomic E-state index is 0.382. The van der Waals surface area contributed by atoms with Gasteiger partial charge in [-0.25, -0.2) is 4.98 Å². The van der Waals surface area contributed by atoms with Crippen LogP contribution in [0.15, 0.2) is 18.3 Å². The predicted molar refractivity (Wildman–Crippen MR) is 79.9 cm³/mol. The lowest BCUT2D eigenvalue weighted by molar-refractivity contribution is 0.0327. The van der Waals surface area contributed by atoms with Crippen LogP contribution in [0, 0.1) is 11.3 Å². The van der Waals surface area contributed by atoms with E-state index in [9.17, 15) is 5.11 Å². The van der Waals surface area contributed by atoms with Crippen LogP contribution in [0.3, 0.4) is 0 Å². The first kappa shape index (κ1) is 15.7. The molecule has 0 aliphatic carbocycles. The number of anilines is 1. The Kier molecular flexibility index (Phi) is 5.93. The molecular weight excluding hydrogens is 268 g/mol. The second kappa shape index (κ2) is 7.93.